The fraction of sp³-hybridized carbons (Fsp3) is 0.714. The van der Waals surface area contributed by atoms with Gasteiger partial charge in [-0.1, -0.05) is 58.4 Å². The van der Waals surface area contributed by atoms with Gasteiger partial charge in [-0.05, 0) is 31.6 Å². The van der Waals surface area contributed by atoms with E-state index in [0.29, 0.717) is 12.5 Å². The first kappa shape index (κ1) is 21.6. The third-order valence-corrected chi connectivity index (χ3v) is 5.14. The highest BCUT2D eigenvalue weighted by atomic mass is 16.3. The van der Waals surface area contributed by atoms with Crippen LogP contribution in [0.15, 0.2) is 23.8 Å². The zero-order chi connectivity index (χ0) is 19.2. The van der Waals surface area contributed by atoms with Crippen LogP contribution in [0.3, 0.4) is 0 Å². The number of aliphatic hydroxyl groups excluding tert-OH is 1. The standard InChI is InChI=1S/C21H35NO3/c1-14-8-7-9-15(2)11-17(4)20(25)21(5,6)18(23)12-19(24)22-13-16(3)10-14/h7-8,10,15-18,23H,9,11-13H2,1-6H3,(H,22,24)/b8-7+,14-10-. The van der Waals surface area contributed by atoms with Gasteiger partial charge in [0, 0.05) is 12.5 Å². The molecule has 1 heterocycles. The molecule has 0 aromatic rings. The maximum atomic E-state index is 12.8. The molecule has 0 saturated heterocycles. The Bertz CT molecular complexity index is 533. The normalized spacial score (nSPS) is 36.2. The third kappa shape index (κ3) is 6.77. The molecule has 0 aromatic heterocycles. The van der Waals surface area contributed by atoms with E-state index in [4.69, 9.17) is 0 Å². The number of Topliss-reactive ketones (excluding diaryl/α,β-unsaturated/α-hetero) is 1. The first-order valence-electron chi connectivity index (χ1n) is 9.38. The molecule has 4 heteroatoms. The predicted molar refractivity (Wildman–Crippen MR) is 102 cm³/mol. The number of nitrogens with one attached hydrogen (secondary N) is 1. The lowest BCUT2D eigenvalue weighted by Crippen LogP contribution is -2.43. The average molecular weight is 350 g/mol. The van der Waals surface area contributed by atoms with E-state index in [9.17, 15) is 14.7 Å². The molecule has 4 unspecified atom stereocenters. The van der Waals surface area contributed by atoms with Crippen molar-refractivity contribution in [1.29, 1.82) is 0 Å². The number of rotatable bonds is 0. The Morgan fingerprint density at radius 3 is 2.48 bits per heavy atom. The van der Waals surface area contributed by atoms with Crippen LogP contribution in [0, 0.1) is 23.2 Å². The van der Waals surface area contributed by atoms with Crippen LogP contribution in [0.5, 0.6) is 0 Å². The first-order chi connectivity index (χ1) is 11.5. The summed E-state index contributed by atoms with van der Waals surface area (Å²) in [4.78, 5) is 24.9. The SMILES string of the molecule is CC1=C/C(C)CNC(=O)CC(O)C(C)(C)C(=O)C(C)CC(C)C\C=C\1. The molecule has 1 aliphatic heterocycles. The molecule has 0 aliphatic carbocycles. The highest BCUT2D eigenvalue weighted by Crippen LogP contribution is 2.31. The van der Waals surface area contributed by atoms with Gasteiger partial charge < -0.3 is 10.4 Å². The molecule has 0 bridgehead atoms. The quantitative estimate of drug-likeness (QED) is 0.701. The number of hydrogen-bond donors (Lipinski definition) is 2. The largest absolute Gasteiger partial charge is 0.392 e. The maximum Gasteiger partial charge on any atom is 0.222 e. The monoisotopic (exact) mass is 349 g/mol. The Morgan fingerprint density at radius 1 is 1.20 bits per heavy atom. The summed E-state index contributed by atoms with van der Waals surface area (Å²) < 4.78 is 0. The highest BCUT2D eigenvalue weighted by molar-refractivity contribution is 5.87. The molecule has 0 radical (unpaired) electrons. The second kappa shape index (κ2) is 9.33. The highest BCUT2D eigenvalue weighted by Gasteiger charge is 2.39. The molecule has 25 heavy (non-hydrogen) atoms. The maximum absolute atomic E-state index is 12.8. The van der Waals surface area contributed by atoms with Crippen molar-refractivity contribution >= 4 is 11.7 Å². The second-order valence-electron chi connectivity index (χ2n) is 8.38. The smallest absolute Gasteiger partial charge is 0.222 e. The van der Waals surface area contributed by atoms with Crippen LogP contribution in [0.25, 0.3) is 0 Å². The minimum atomic E-state index is -0.974. The van der Waals surface area contributed by atoms with E-state index in [-0.39, 0.29) is 29.9 Å². The number of allylic oxidation sites excluding steroid dienone is 3. The van der Waals surface area contributed by atoms with Crippen LogP contribution < -0.4 is 5.32 Å². The van der Waals surface area contributed by atoms with Crippen LogP contribution in [0.2, 0.25) is 0 Å². The van der Waals surface area contributed by atoms with Crippen molar-refractivity contribution in [2.24, 2.45) is 23.2 Å². The number of hydrogen-bond acceptors (Lipinski definition) is 3. The zero-order valence-corrected chi connectivity index (χ0v) is 16.6. The lowest BCUT2D eigenvalue weighted by atomic mass is 9.74. The van der Waals surface area contributed by atoms with Crippen LogP contribution in [-0.4, -0.2) is 29.4 Å². The average Bonchev–Trinajstić information content (AvgIpc) is 2.51. The van der Waals surface area contributed by atoms with Crippen LogP contribution in [0.4, 0.5) is 0 Å². The summed E-state index contributed by atoms with van der Waals surface area (Å²) in [5, 5.41) is 13.3. The molecule has 1 rings (SSSR count). The van der Waals surface area contributed by atoms with Crippen molar-refractivity contribution in [3.63, 3.8) is 0 Å². The van der Waals surface area contributed by atoms with E-state index in [1.807, 2.05) is 6.92 Å². The number of carbonyl (C=O) groups is 2. The molecule has 4 atom stereocenters. The summed E-state index contributed by atoms with van der Waals surface area (Å²) in [6, 6.07) is 0. The zero-order valence-electron chi connectivity index (χ0n) is 16.6. The number of aliphatic hydroxyl groups is 1. The number of ketones is 1. The van der Waals surface area contributed by atoms with Crippen molar-refractivity contribution in [2.75, 3.05) is 6.54 Å². The Labute approximate surface area is 152 Å². The molecule has 1 amide bonds. The van der Waals surface area contributed by atoms with Gasteiger partial charge in [-0.3, -0.25) is 9.59 Å². The van der Waals surface area contributed by atoms with E-state index >= 15 is 0 Å². The number of amides is 1. The summed E-state index contributed by atoms with van der Waals surface area (Å²) in [5.41, 5.74) is 0.247. The summed E-state index contributed by atoms with van der Waals surface area (Å²) >= 11 is 0. The van der Waals surface area contributed by atoms with Gasteiger partial charge in [0.2, 0.25) is 5.91 Å². The van der Waals surface area contributed by atoms with Gasteiger partial charge in [0.05, 0.1) is 17.9 Å². The van der Waals surface area contributed by atoms with Crippen molar-refractivity contribution in [1.82, 2.24) is 5.32 Å². The topological polar surface area (TPSA) is 66.4 Å². The molecular weight excluding hydrogens is 314 g/mol. The van der Waals surface area contributed by atoms with E-state index in [1.165, 1.54) is 5.57 Å². The Kier molecular flexibility index (Phi) is 8.07. The van der Waals surface area contributed by atoms with Gasteiger partial charge in [0.1, 0.15) is 5.78 Å². The predicted octanol–water partition coefficient (Wildman–Crippen LogP) is 3.65. The van der Waals surface area contributed by atoms with E-state index < -0.39 is 11.5 Å². The van der Waals surface area contributed by atoms with Gasteiger partial charge in [0.25, 0.3) is 0 Å². The summed E-state index contributed by atoms with van der Waals surface area (Å²) in [7, 11) is 0. The third-order valence-electron chi connectivity index (χ3n) is 5.14. The number of carbonyl (C=O) groups excluding carboxylic acids is 2. The molecule has 1 aliphatic rings. The van der Waals surface area contributed by atoms with Crippen molar-refractivity contribution in [2.45, 2.75) is 66.9 Å². The van der Waals surface area contributed by atoms with Crippen LogP contribution >= 0.6 is 0 Å². The molecule has 4 nitrogen and oxygen atoms in total. The Hall–Kier alpha value is -1.42. The molecule has 142 valence electrons. The minimum Gasteiger partial charge on any atom is -0.392 e. The summed E-state index contributed by atoms with van der Waals surface area (Å²) in [6.07, 6.45) is 7.10. The molecule has 0 saturated carbocycles. The van der Waals surface area contributed by atoms with Crippen molar-refractivity contribution < 1.29 is 14.7 Å². The second-order valence-corrected chi connectivity index (χ2v) is 8.38. The Morgan fingerprint density at radius 2 is 1.84 bits per heavy atom. The van der Waals surface area contributed by atoms with E-state index in [0.717, 1.165) is 12.8 Å². The fourth-order valence-electron chi connectivity index (χ4n) is 3.43. The van der Waals surface area contributed by atoms with Crippen molar-refractivity contribution in [3.8, 4) is 0 Å². The van der Waals surface area contributed by atoms with Gasteiger partial charge in [-0.2, -0.15) is 0 Å². The lowest BCUT2D eigenvalue weighted by molar-refractivity contribution is -0.139. The molecule has 0 fully saturated rings. The summed E-state index contributed by atoms with van der Waals surface area (Å²) in [6.45, 7) is 12.2. The minimum absolute atomic E-state index is 0.0279. The molecule has 2 N–H and O–H groups in total. The molecule has 0 spiro atoms. The van der Waals surface area contributed by atoms with Gasteiger partial charge in [-0.15, -0.1) is 0 Å². The summed E-state index contributed by atoms with van der Waals surface area (Å²) in [5.74, 6) is 0.283. The van der Waals surface area contributed by atoms with Gasteiger partial charge >= 0.3 is 0 Å². The van der Waals surface area contributed by atoms with E-state index in [2.05, 4.69) is 44.3 Å². The Balaban J connectivity index is 3.00. The van der Waals surface area contributed by atoms with Crippen LogP contribution in [0.1, 0.15) is 60.8 Å². The first-order valence-corrected chi connectivity index (χ1v) is 9.38. The molecular formula is C21H35NO3. The van der Waals surface area contributed by atoms with Gasteiger partial charge in [0.15, 0.2) is 0 Å². The van der Waals surface area contributed by atoms with Gasteiger partial charge in [-0.25, -0.2) is 0 Å². The van der Waals surface area contributed by atoms with Crippen molar-refractivity contribution in [3.05, 3.63) is 23.8 Å². The lowest BCUT2D eigenvalue weighted by Gasteiger charge is -2.32. The molecule has 0 aromatic carbocycles. The van der Waals surface area contributed by atoms with E-state index in [1.54, 1.807) is 13.8 Å². The van der Waals surface area contributed by atoms with Crippen LogP contribution in [-0.2, 0) is 9.59 Å². The fourth-order valence-corrected chi connectivity index (χ4v) is 3.43.